The Morgan fingerprint density at radius 2 is 1.89 bits per heavy atom. The van der Waals surface area contributed by atoms with Crippen LogP contribution in [0.1, 0.15) is 56.1 Å². The van der Waals surface area contributed by atoms with Crippen LogP contribution in [0.25, 0.3) is 0 Å². The number of benzene rings is 1. The number of aryl methyl sites for hydroxylation is 2. The van der Waals surface area contributed by atoms with Crippen molar-refractivity contribution in [1.29, 1.82) is 0 Å². The second-order valence-corrected chi connectivity index (χ2v) is 5.96. The maximum absolute atomic E-state index is 6.30. The highest BCUT2D eigenvalue weighted by Crippen LogP contribution is 2.27. The summed E-state index contributed by atoms with van der Waals surface area (Å²) in [4.78, 5) is 0. The Kier molecular flexibility index (Phi) is 5.25. The Labute approximate surface area is 112 Å². The topological polar surface area (TPSA) is 26.0 Å². The molecule has 2 N–H and O–H groups in total. The van der Waals surface area contributed by atoms with Gasteiger partial charge in [0.1, 0.15) is 0 Å². The second kappa shape index (κ2) is 6.94. The van der Waals surface area contributed by atoms with E-state index in [9.17, 15) is 0 Å². The summed E-state index contributed by atoms with van der Waals surface area (Å²) >= 11 is 0. The molecule has 1 aromatic rings. The molecule has 18 heavy (non-hydrogen) atoms. The van der Waals surface area contributed by atoms with Crippen molar-refractivity contribution in [3.05, 3.63) is 35.4 Å². The smallest absolute Gasteiger partial charge is 0.00446 e. The van der Waals surface area contributed by atoms with Crippen LogP contribution in [0.15, 0.2) is 24.3 Å². The van der Waals surface area contributed by atoms with E-state index in [4.69, 9.17) is 5.73 Å². The van der Waals surface area contributed by atoms with Gasteiger partial charge in [0, 0.05) is 6.04 Å². The quantitative estimate of drug-likeness (QED) is 0.825. The first kappa shape index (κ1) is 13.6. The van der Waals surface area contributed by atoms with Gasteiger partial charge in [-0.15, -0.1) is 0 Å². The van der Waals surface area contributed by atoms with Gasteiger partial charge >= 0.3 is 0 Å². The SMILES string of the molecule is Cc1ccccc1CCC(N)CC1CCCCC1. The first-order chi connectivity index (χ1) is 8.75. The van der Waals surface area contributed by atoms with Crippen molar-refractivity contribution in [2.24, 2.45) is 11.7 Å². The van der Waals surface area contributed by atoms with Gasteiger partial charge in [-0.2, -0.15) is 0 Å². The Morgan fingerprint density at radius 1 is 1.17 bits per heavy atom. The zero-order chi connectivity index (χ0) is 12.8. The third-order valence-corrected chi connectivity index (χ3v) is 4.41. The van der Waals surface area contributed by atoms with Gasteiger partial charge < -0.3 is 5.73 Å². The van der Waals surface area contributed by atoms with Gasteiger partial charge in [0.2, 0.25) is 0 Å². The minimum Gasteiger partial charge on any atom is -0.328 e. The van der Waals surface area contributed by atoms with Crippen molar-refractivity contribution in [2.45, 2.75) is 64.3 Å². The van der Waals surface area contributed by atoms with Crippen LogP contribution in [0.3, 0.4) is 0 Å². The fraction of sp³-hybridized carbons (Fsp3) is 0.647. The van der Waals surface area contributed by atoms with E-state index in [1.165, 1.54) is 49.7 Å². The van der Waals surface area contributed by atoms with Crippen LogP contribution in [-0.2, 0) is 6.42 Å². The van der Waals surface area contributed by atoms with E-state index in [2.05, 4.69) is 31.2 Å². The molecule has 1 aliphatic carbocycles. The van der Waals surface area contributed by atoms with E-state index in [1.54, 1.807) is 0 Å². The first-order valence-electron chi connectivity index (χ1n) is 7.56. The zero-order valence-electron chi connectivity index (χ0n) is 11.7. The molecule has 0 bridgehead atoms. The van der Waals surface area contributed by atoms with Gasteiger partial charge in [-0.1, -0.05) is 56.4 Å². The lowest BCUT2D eigenvalue weighted by Crippen LogP contribution is -2.25. The van der Waals surface area contributed by atoms with Crippen molar-refractivity contribution in [1.82, 2.24) is 0 Å². The molecule has 2 rings (SSSR count). The van der Waals surface area contributed by atoms with Crippen LogP contribution >= 0.6 is 0 Å². The standard InChI is InChI=1S/C17H27N/c1-14-7-5-6-10-16(14)11-12-17(18)13-15-8-3-2-4-9-15/h5-7,10,15,17H,2-4,8-9,11-13,18H2,1H3. The highest BCUT2D eigenvalue weighted by atomic mass is 14.6. The first-order valence-corrected chi connectivity index (χ1v) is 7.56. The zero-order valence-corrected chi connectivity index (χ0v) is 11.7. The van der Waals surface area contributed by atoms with Gasteiger partial charge in [0.15, 0.2) is 0 Å². The van der Waals surface area contributed by atoms with Crippen LogP contribution in [0.2, 0.25) is 0 Å². The summed E-state index contributed by atoms with van der Waals surface area (Å²) in [6.07, 6.45) is 10.6. The Balaban J connectivity index is 1.74. The fourth-order valence-electron chi connectivity index (χ4n) is 3.20. The third kappa shape index (κ3) is 4.13. The Morgan fingerprint density at radius 3 is 2.61 bits per heavy atom. The van der Waals surface area contributed by atoms with E-state index in [-0.39, 0.29) is 0 Å². The summed E-state index contributed by atoms with van der Waals surface area (Å²) in [5.74, 6) is 0.908. The van der Waals surface area contributed by atoms with E-state index in [0.717, 1.165) is 18.8 Å². The number of hydrogen-bond acceptors (Lipinski definition) is 1. The maximum atomic E-state index is 6.30. The number of rotatable bonds is 5. The maximum Gasteiger partial charge on any atom is 0.00446 e. The molecule has 0 aliphatic heterocycles. The summed E-state index contributed by atoms with van der Waals surface area (Å²) in [6.45, 7) is 2.20. The molecule has 0 heterocycles. The highest BCUT2D eigenvalue weighted by molar-refractivity contribution is 5.25. The predicted octanol–water partition coefficient (Wildman–Crippen LogP) is 4.23. The van der Waals surface area contributed by atoms with Gasteiger partial charge in [0.25, 0.3) is 0 Å². The van der Waals surface area contributed by atoms with Gasteiger partial charge in [-0.3, -0.25) is 0 Å². The lowest BCUT2D eigenvalue weighted by molar-refractivity contribution is 0.312. The van der Waals surface area contributed by atoms with Crippen LogP contribution < -0.4 is 5.73 Å². The molecule has 1 unspecified atom stereocenters. The normalized spacial score (nSPS) is 18.8. The molecule has 1 saturated carbocycles. The van der Waals surface area contributed by atoms with Gasteiger partial charge in [-0.05, 0) is 43.2 Å². The summed E-state index contributed by atoms with van der Waals surface area (Å²) < 4.78 is 0. The average molecular weight is 245 g/mol. The highest BCUT2D eigenvalue weighted by Gasteiger charge is 2.16. The molecular weight excluding hydrogens is 218 g/mol. The molecule has 1 fully saturated rings. The van der Waals surface area contributed by atoms with Crippen molar-refractivity contribution in [2.75, 3.05) is 0 Å². The fourth-order valence-corrected chi connectivity index (χ4v) is 3.20. The monoisotopic (exact) mass is 245 g/mol. The van der Waals surface area contributed by atoms with Crippen LogP contribution in [0, 0.1) is 12.8 Å². The van der Waals surface area contributed by atoms with Crippen LogP contribution in [0.4, 0.5) is 0 Å². The molecule has 1 nitrogen and oxygen atoms in total. The summed E-state index contributed by atoms with van der Waals surface area (Å²) in [6, 6.07) is 9.08. The largest absolute Gasteiger partial charge is 0.328 e. The summed E-state index contributed by atoms with van der Waals surface area (Å²) in [5, 5.41) is 0. The van der Waals surface area contributed by atoms with E-state index in [1.807, 2.05) is 0 Å². The second-order valence-electron chi connectivity index (χ2n) is 5.96. The molecule has 0 saturated heterocycles. The average Bonchev–Trinajstić information content (AvgIpc) is 2.39. The van der Waals surface area contributed by atoms with Gasteiger partial charge in [0.05, 0.1) is 0 Å². The molecule has 0 spiro atoms. The molecule has 1 aromatic carbocycles. The number of nitrogens with two attached hydrogens (primary N) is 1. The Bertz CT molecular complexity index is 352. The molecular formula is C17H27N. The third-order valence-electron chi connectivity index (χ3n) is 4.41. The lowest BCUT2D eigenvalue weighted by Gasteiger charge is -2.24. The van der Waals surface area contributed by atoms with E-state index in [0.29, 0.717) is 6.04 Å². The molecule has 0 amide bonds. The van der Waals surface area contributed by atoms with Crippen molar-refractivity contribution in [3.8, 4) is 0 Å². The van der Waals surface area contributed by atoms with Crippen molar-refractivity contribution >= 4 is 0 Å². The van der Waals surface area contributed by atoms with E-state index >= 15 is 0 Å². The summed E-state index contributed by atoms with van der Waals surface area (Å²) in [7, 11) is 0. The summed E-state index contributed by atoms with van der Waals surface area (Å²) in [5.41, 5.74) is 9.18. The molecule has 0 radical (unpaired) electrons. The van der Waals surface area contributed by atoms with E-state index < -0.39 is 0 Å². The van der Waals surface area contributed by atoms with Crippen LogP contribution in [-0.4, -0.2) is 6.04 Å². The lowest BCUT2D eigenvalue weighted by atomic mass is 9.84. The van der Waals surface area contributed by atoms with Gasteiger partial charge in [-0.25, -0.2) is 0 Å². The molecule has 1 aliphatic rings. The molecule has 1 atom stereocenters. The van der Waals surface area contributed by atoms with Crippen molar-refractivity contribution in [3.63, 3.8) is 0 Å². The number of hydrogen-bond donors (Lipinski definition) is 1. The molecule has 1 heteroatoms. The van der Waals surface area contributed by atoms with Crippen LogP contribution in [0.5, 0.6) is 0 Å². The molecule has 100 valence electrons. The minimum atomic E-state index is 0.396. The Hall–Kier alpha value is -0.820. The molecule has 0 aromatic heterocycles. The predicted molar refractivity (Wildman–Crippen MR) is 78.7 cm³/mol. The van der Waals surface area contributed by atoms with Crippen molar-refractivity contribution < 1.29 is 0 Å². The minimum absolute atomic E-state index is 0.396.